The third kappa shape index (κ3) is 7.49. The number of carbonyl (C=O) groups is 3. The fourth-order valence-corrected chi connectivity index (χ4v) is 7.95. The summed E-state index contributed by atoms with van der Waals surface area (Å²) in [6, 6.07) is 4.43. The van der Waals surface area contributed by atoms with Crippen molar-refractivity contribution < 1.29 is 28.2 Å². The predicted octanol–water partition coefficient (Wildman–Crippen LogP) is 5.96. The number of alkyl halides is 1. The van der Waals surface area contributed by atoms with Crippen LogP contribution in [-0.4, -0.2) is 82.7 Å². The fraction of sp³-hybridized carbons (Fsp3) is 0.513. The molecule has 52 heavy (non-hydrogen) atoms. The first-order valence-corrected chi connectivity index (χ1v) is 18.9. The molecule has 0 unspecified atom stereocenters. The molecule has 0 radical (unpaired) electrons. The largest absolute Gasteiger partial charge is 0.464 e. The summed E-state index contributed by atoms with van der Waals surface area (Å²) in [5, 5.41) is 7.61. The molecule has 6 rings (SSSR count). The normalized spacial score (nSPS) is 22.8. The first-order chi connectivity index (χ1) is 24.8. The Labute approximate surface area is 308 Å². The number of benzene rings is 1. The molecule has 6 bridgehead atoms. The molecule has 0 spiro atoms. The lowest BCUT2D eigenvalue weighted by atomic mass is 9.84. The van der Waals surface area contributed by atoms with Crippen molar-refractivity contribution in [3.8, 4) is 11.3 Å². The van der Waals surface area contributed by atoms with Crippen LogP contribution in [0.3, 0.4) is 0 Å². The Morgan fingerprint density at radius 3 is 2.77 bits per heavy atom. The molecule has 13 heteroatoms. The molecule has 278 valence electrons. The van der Waals surface area contributed by atoms with E-state index in [4.69, 9.17) is 19.5 Å². The van der Waals surface area contributed by atoms with Crippen LogP contribution in [0.4, 0.5) is 4.39 Å². The van der Waals surface area contributed by atoms with Gasteiger partial charge in [0.15, 0.2) is 5.67 Å². The molecular weight excluding hydrogens is 684 g/mol. The number of hydrogen-bond donors (Lipinski definition) is 2. The molecule has 1 aromatic carbocycles. The summed E-state index contributed by atoms with van der Waals surface area (Å²) in [7, 11) is 1.66. The number of hydrogen-bond acceptors (Lipinski definition) is 9. The zero-order valence-corrected chi connectivity index (χ0v) is 31.7. The van der Waals surface area contributed by atoms with Crippen LogP contribution >= 0.6 is 11.3 Å². The molecule has 2 aliphatic heterocycles. The van der Waals surface area contributed by atoms with Gasteiger partial charge in [0.05, 0.1) is 34.8 Å². The number of amides is 2. The quantitative estimate of drug-likeness (QED) is 0.166. The lowest BCUT2D eigenvalue weighted by Crippen LogP contribution is -2.61. The van der Waals surface area contributed by atoms with Gasteiger partial charge in [0.25, 0.3) is 11.8 Å². The van der Waals surface area contributed by atoms with Crippen LogP contribution < -0.4 is 10.7 Å². The number of aliphatic imine (C=N–C) groups is 1. The second kappa shape index (κ2) is 15.0. The third-order valence-corrected chi connectivity index (χ3v) is 11.0. The second-order valence-corrected chi connectivity index (χ2v) is 15.6. The van der Waals surface area contributed by atoms with E-state index in [2.05, 4.69) is 54.8 Å². The van der Waals surface area contributed by atoms with E-state index in [-0.39, 0.29) is 32.0 Å². The Bertz CT molecular complexity index is 1940. The molecule has 11 nitrogen and oxygen atoms in total. The summed E-state index contributed by atoms with van der Waals surface area (Å²) in [6.45, 7) is 15.5. The highest BCUT2D eigenvalue weighted by Crippen LogP contribution is 2.41. The highest BCUT2D eigenvalue weighted by molar-refractivity contribution is 7.10. The number of hydrazine groups is 1. The molecule has 3 aromatic rings. The van der Waals surface area contributed by atoms with Crippen molar-refractivity contribution in [3.05, 3.63) is 58.2 Å². The van der Waals surface area contributed by atoms with E-state index in [0.717, 1.165) is 44.7 Å². The Hall–Kier alpha value is -4.20. The average Bonchev–Trinajstić information content (AvgIpc) is 3.61. The summed E-state index contributed by atoms with van der Waals surface area (Å²) >= 11 is 1.38. The van der Waals surface area contributed by atoms with E-state index in [9.17, 15) is 18.8 Å². The number of aromatic nitrogens is 2. The number of ether oxygens (including phenoxy) is 2. The smallest absolute Gasteiger partial charge is 0.324 e. The van der Waals surface area contributed by atoms with E-state index < -0.39 is 41.0 Å². The maximum atomic E-state index is 14.8. The Morgan fingerprint density at radius 1 is 1.33 bits per heavy atom. The number of aryl methyl sites for hydroxylation is 1. The highest BCUT2D eigenvalue weighted by atomic mass is 32.1. The molecule has 2 N–H and O–H groups in total. The maximum Gasteiger partial charge on any atom is 0.324 e. The lowest BCUT2D eigenvalue weighted by Gasteiger charge is -2.35. The average molecular weight is 733 g/mol. The Kier molecular flexibility index (Phi) is 10.9. The number of allylic oxidation sites excluding steroid dienone is 2. The fourth-order valence-electron chi connectivity index (χ4n) is 7.10. The van der Waals surface area contributed by atoms with E-state index in [0.29, 0.717) is 37.4 Å². The van der Waals surface area contributed by atoms with Gasteiger partial charge in [0, 0.05) is 65.7 Å². The van der Waals surface area contributed by atoms with Gasteiger partial charge in [-0.1, -0.05) is 32.6 Å². The van der Waals surface area contributed by atoms with Crippen LogP contribution in [-0.2, 0) is 43.2 Å². The summed E-state index contributed by atoms with van der Waals surface area (Å²) < 4.78 is 28.9. The molecule has 3 aliphatic rings. The third-order valence-electron chi connectivity index (χ3n) is 10.1. The van der Waals surface area contributed by atoms with Gasteiger partial charge in [-0.15, -0.1) is 11.3 Å². The summed E-state index contributed by atoms with van der Waals surface area (Å²) in [5.74, 6) is -1.71. The van der Waals surface area contributed by atoms with Crippen LogP contribution in [0.15, 0.2) is 46.9 Å². The van der Waals surface area contributed by atoms with Crippen LogP contribution in [0.25, 0.3) is 27.7 Å². The van der Waals surface area contributed by atoms with Crippen molar-refractivity contribution in [1.29, 1.82) is 0 Å². The lowest BCUT2D eigenvalue weighted by molar-refractivity contribution is -0.155. The number of cyclic esters (lactones) is 1. The minimum atomic E-state index is -1.96. The van der Waals surface area contributed by atoms with Crippen molar-refractivity contribution in [2.75, 3.05) is 20.3 Å². The van der Waals surface area contributed by atoms with Crippen LogP contribution in [0, 0.1) is 5.41 Å². The van der Waals surface area contributed by atoms with Crippen molar-refractivity contribution in [3.63, 3.8) is 0 Å². The van der Waals surface area contributed by atoms with Crippen LogP contribution in [0.5, 0.6) is 0 Å². The minimum absolute atomic E-state index is 0.0720. The molecule has 3 atom stereocenters. The zero-order valence-electron chi connectivity index (χ0n) is 30.9. The minimum Gasteiger partial charge on any atom is -0.464 e. The first-order valence-electron chi connectivity index (χ1n) is 18.1. The SMILES string of the molecule is C=C/C(=C(\N=CC)[C@H](C)OC)c1c2c3cc(ccc3n1CC)-c1csc(n1)C[C@H](NC(=O)C1(F)CC1)C(=O)N1CCC[C@H](N1)C(=O)OCC(C)(C)C2. The number of fused-ring (bicyclic) bond motifs is 6. The van der Waals surface area contributed by atoms with Crippen molar-refractivity contribution >= 4 is 51.8 Å². The monoisotopic (exact) mass is 732 g/mol. The van der Waals surface area contributed by atoms with Gasteiger partial charge in [-0.3, -0.25) is 24.4 Å². The topological polar surface area (TPSA) is 127 Å². The molecule has 1 saturated carbocycles. The molecule has 2 amide bonds. The maximum absolute atomic E-state index is 14.8. The van der Waals surface area contributed by atoms with Gasteiger partial charge in [0.2, 0.25) is 0 Å². The van der Waals surface area contributed by atoms with Gasteiger partial charge in [-0.2, -0.15) is 0 Å². The second-order valence-electron chi connectivity index (χ2n) is 14.7. The summed E-state index contributed by atoms with van der Waals surface area (Å²) in [5.41, 5.74) is 6.88. The first kappa shape index (κ1) is 37.6. The van der Waals surface area contributed by atoms with Gasteiger partial charge in [-0.25, -0.2) is 14.8 Å². The number of nitrogens with zero attached hydrogens (tertiary/aromatic N) is 4. The summed E-state index contributed by atoms with van der Waals surface area (Å²) in [4.78, 5) is 50.0. The standard InChI is InChI=1S/C39H49FN6O5S/c1-8-25(33(41-9-2)23(4)50-7)34-27-20-38(5,6)22-51-36(48)28-12-11-17-46(44-28)35(47)29(43-37(49)39(40)15-16-39)19-32-42-30(21-52-32)24-13-14-31(26(27)18-24)45(34)10-3/h8-9,13-14,18,21,23,28-29,44H,1,10-12,15-17,19-20,22H2,2-7H3,(H,43,49)/b33-25+,41-9?/t23-,28-,29-/m0/s1. The number of rotatable bonds is 8. The van der Waals surface area contributed by atoms with E-state index in [1.165, 1.54) is 16.3 Å². The van der Waals surface area contributed by atoms with Crippen molar-refractivity contribution in [1.82, 2.24) is 25.3 Å². The van der Waals surface area contributed by atoms with Crippen molar-refractivity contribution in [2.24, 2.45) is 10.4 Å². The number of esters is 1. The molecule has 1 saturated heterocycles. The number of carbonyl (C=O) groups excluding carboxylic acids is 3. The van der Waals surface area contributed by atoms with Gasteiger partial charge in [-0.05, 0) is 70.6 Å². The summed E-state index contributed by atoms with van der Waals surface area (Å²) in [6.07, 6.45) is 5.21. The zero-order chi connectivity index (χ0) is 37.4. The van der Waals surface area contributed by atoms with Crippen LogP contribution in [0.1, 0.15) is 76.6 Å². The Morgan fingerprint density at radius 2 is 2.10 bits per heavy atom. The Balaban J connectivity index is 1.52. The van der Waals surface area contributed by atoms with Crippen LogP contribution in [0.2, 0.25) is 0 Å². The highest BCUT2D eigenvalue weighted by Gasteiger charge is 2.52. The molecule has 1 aliphatic carbocycles. The van der Waals surface area contributed by atoms with Gasteiger partial charge >= 0.3 is 5.97 Å². The number of thiazole rings is 1. The van der Waals surface area contributed by atoms with Crippen molar-refractivity contribution in [2.45, 2.75) is 104 Å². The van der Waals surface area contributed by atoms with Gasteiger partial charge in [0.1, 0.15) is 12.1 Å². The number of nitrogens with one attached hydrogen (secondary N) is 2. The predicted molar refractivity (Wildman–Crippen MR) is 201 cm³/mol. The molecule has 2 fully saturated rings. The van der Waals surface area contributed by atoms with Gasteiger partial charge < -0.3 is 19.4 Å². The molecule has 2 aromatic heterocycles. The van der Waals surface area contributed by atoms with E-state index in [1.54, 1.807) is 13.3 Å². The number of halogens is 1. The number of methoxy groups -OCH3 is 1. The molecular formula is C39H49FN6O5S. The van der Waals surface area contributed by atoms with E-state index >= 15 is 0 Å². The molecule has 4 heterocycles. The van der Waals surface area contributed by atoms with E-state index in [1.807, 2.05) is 31.4 Å².